The summed E-state index contributed by atoms with van der Waals surface area (Å²) >= 11 is 0. The Kier molecular flexibility index (Phi) is 3.59. The SMILES string of the molecule is CC1(C)CCCC(c2cccc(C3(CC(=O)O)CC3)c2)C1. The van der Waals surface area contributed by atoms with Crippen LogP contribution >= 0.6 is 0 Å². The van der Waals surface area contributed by atoms with E-state index in [1.165, 1.54) is 36.8 Å². The van der Waals surface area contributed by atoms with Gasteiger partial charge in [-0.15, -0.1) is 0 Å². The van der Waals surface area contributed by atoms with Crippen molar-refractivity contribution in [2.45, 2.75) is 70.1 Å². The fourth-order valence-corrected chi connectivity index (χ4v) is 4.11. The van der Waals surface area contributed by atoms with E-state index in [4.69, 9.17) is 5.11 Å². The van der Waals surface area contributed by atoms with Crippen LogP contribution in [0.5, 0.6) is 0 Å². The summed E-state index contributed by atoms with van der Waals surface area (Å²) in [7, 11) is 0. The minimum Gasteiger partial charge on any atom is -0.481 e. The maximum Gasteiger partial charge on any atom is 0.304 e. The van der Waals surface area contributed by atoms with Gasteiger partial charge in [-0.3, -0.25) is 4.79 Å². The van der Waals surface area contributed by atoms with Crippen LogP contribution in [0.3, 0.4) is 0 Å². The van der Waals surface area contributed by atoms with E-state index in [-0.39, 0.29) is 11.8 Å². The van der Waals surface area contributed by atoms with Crippen molar-refractivity contribution in [2.75, 3.05) is 0 Å². The van der Waals surface area contributed by atoms with Crippen LogP contribution in [-0.2, 0) is 10.2 Å². The molecule has 0 aliphatic heterocycles. The van der Waals surface area contributed by atoms with Crippen LogP contribution in [0.1, 0.15) is 75.8 Å². The molecule has 1 aromatic rings. The van der Waals surface area contributed by atoms with Crippen LogP contribution in [0.4, 0.5) is 0 Å². The lowest BCUT2D eigenvalue weighted by molar-refractivity contribution is -0.137. The summed E-state index contributed by atoms with van der Waals surface area (Å²) in [6.07, 6.45) is 7.50. The van der Waals surface area contributed by atoms with Gasteiger partial charge in [-0.1, -0.05) is 44.5 Å². The van der Waals surface area contributed by atoms with E-state index in [1.807, 2.05) is 0 Å². The first-order chi connectivity index (χ1) is 9.90. The lowest BCUT2D eigenvalue weighted by Crippen LogP contribution is -2.21. The van der Waals surface area contributed by atoms with Crippen molar-refractivity contribution in [1.29, 1.82) is 0 Å². The molecule has 2 saturated carbocycles. The lowest BCUT2D eigenvalue weighted by Gasteiger charge is -2.35. The molecule has 114 valence electrons. The molecule has 2 heteroatoms. The van der Waals surface area contributed by atoms with Crippen molar-refractivity contribution in [1.82, 2.24) is 0 Å². The lowest BCUT2D eigenvalue weighted by atomic mass is 9.70. The van der Waals surface area contributed by atoms with Gasteiger partial charge in [0.05, 0.1) is 6.42 Å². The molecule has 0 amide bonds. The Labute approximate surface area is 127 Å². The third-order valence-electron chi connectivity index (χ3n) is 5.52. The van der Waals surface area contributed by atoms with Crippen molar-refractivity contribution >= 4 is 5.97 Å². The van der Waals surface area contributed by atoms with Crippen LogP contribution in [0.25, 0.3) is 0 Å². The van der Waals surface area contributed by atoms with Crippen molar-refractivity contribution in [3.8, 4) is 0 Å². The highest BCUT2D eigenvalue weighted by Crippen LogP contribution is 2.52. The second-order valence-electron chi connectivity index (χ2n) is 7.93. The van der Waals surface area contributed by atoms with Gasteiger partial charge in [0.15, 0.2) is 0 Å². The summed E-state index contributed by atoms with van der Waals surface area (Å²) in [5.74, 6) is -0.0222. The first-order valence-electron chi connectivity index (χ1n) is 8.23. The Hall–Kier alpha value is -1.31. The smallest absolute Gasteiger partial charge is 0.304 e. The second-order valence-corrected chi connectivity index (χ2v) is 7.93. The number of benzene rings is 1. The van der Waals surface area contributed by atoms with E-state index in [9.17, 15) is 4.79 Å². The minimum atomic E-state index is -0.670. The number of carboxylic acid groups (broad SMARTS) is 1. The predicted octanol–water partition coefficient (Wildman–Crippen LogP) is 4.88. The molecular formula is C19H26O2. The van der Waals surface area contributed by atoms with E-state index in [0.29, 0.717) is 11.3 Å². The molecule has 1 unspecified atom stereocenters. The molecule has 2 aliphatic carbocycles. The van der Waals surface area contributed by atoms with Gasteiger partial charge in [-0.05, 0) is 54.6 Å². The Morgan fingerprint density at radius 1 is 1.29 bits per heavy atom. The molecule has 0 aromatic heterocycles. The Balaban J connectivity index is 1.82. The van der Waals surface area contributed by atoms with Gasteiger partial charge in [-0.25, -0.2) is 0 Å². The number of hydrogen-bond donors (Lipinski definition) is 1. The molecule has 0 spiro atoms. The van der Waals surface area contributed by atoms with Gasteiger partial charge in [0.25, 0.3) is 0 Å². The molecule has 0 saturated heterocycles. The largest absolute Gasteiger partial charge is 0.481 e. The highest BCUT2D eigenvalue weighted by atomic mass is 16.4. The predicted molar refractivity (Wildman–Crippen MR) is 84.6 cm³/mol. The quantitative estimate of drug-likeness (QED) is 0.856. The van der Waals surface area contributed by atoms with Crippen molar-refractivity contribution in [3.05, 3.63) is 35.4 Å². The molecule has 2 aliphatic rings. The molecular weight excluding hydrogens is 260 g/mol. The average molecular weight is 286 g/mol. The number of aliphatic carboxylic acids is 1. The van der Waals surface area contributed by atoms with Gasteiger partial charge in [-0.2, -0.15) is 0 Å². The van der Waals surface area contributed by atoms with E-state index in [2.05, 4.69) is 38.1 Å². The number of carboxylic acids is 1. The molecule has 1 aromatic carbocycles. The first-order valence-corrected chi connectivity index (χ1v) is 8.23. The van der Waals surface area contributed by atoms with E-state index >= 15 is 0 Å². The fourth-order valence-electron chi connectivity index (χ4n) is 4.11. The molecule has 1 atom stereocenters. The minimum absolute atomic E-state index is 0.0635. The Morgan fingerprint density at radius 3 is 2.67 bits per heavy atom. The fraction of sp³-hybridized carbons (Fsp3) is 0.632. The molecule has 3 rings (SSSR count). The highest BCUT2D eigenvalue weighted by molar-refractivity contribution is 5.70. The molecule has 2 fully saturated rings. The zero-order valence-corrected chi connectivity index (χ0v) is 13.2. The summed E-state index contributed by atoms with van der Waals surface area (Å²) < 4.78 is 0. The van der Waals surface area contributed by atoms with Crippen LogP contribution in [0.2, 0.25) is 0 Å². The first kappa shape index (κ1) is 14.6. The zero-order chi connectivity index (χ0) is 15.1. The van der Waals surface area contributed by atoms with Gasteiger partial charge in [0, 0.05) is 5.41 Å². The normalized spacial score (nSPS) is 26.3. The van der Waals surface area contributed by atoms with E-state index < -0.39 is 5.97 Å². The zero-order valence-electron chi connectivity index (χ0n) is 13.2. The van der Waals surface area contributed by atoms with Gasteiger partial charge >= 0.3 is 5.97 Å². The van der Waals surface area contributed by atoms with Crippen molar-refractivity contribution < 1.29 is 9.90 Å². The van der Waals surface area contributed by atoms with Gasteiger partial charge < -0.3 is 5.11 Å². The van der Waals surface area contributed by atoms with Crippen LogP contribution in [-0.4, -0.2) is 11.1 Å². The molecule has 0 heterocycles. The Bertz CT molecular complexity index is 540. The Morgan fingerprint density at radius 2 is 2.05 bits per heavy atom. The second kappa shape index (κ2) is 5.15. The third-order valence-corrected chi connectivity index (χ3v) is 5.52. The molecule has 0 bridgehead atoms. The average Bonchev–Trinajstić information content (AvgIpc) is 3.18. The summed E-state index contributed by atoms with van der Waals surface area (Å²) in [5.41, 5.74) is 3.06. The monoisotopic (exact) mass is 286 g/mol. The maximum atomic E-state index is 11.1. The topological polar surface area (TPSA) is 37.3 Å². The summed E-state index contributed by atoms with van der Waals surface area (Å²) in [6.45, 7) is 4.74. The molecule has 0 radical (unpaired) electrons. The van der Waals surface area contributed by atoms with Gasteiger partial charge in [0.1, 0.15) is 0 Å². The summed E-state index contributed by atoms with van der Waals surface area (Å²) in [5, 5.41) is 9.14. The van der Waals surface area contributed by atoms with Crippen LogP contribution < -0.4 is 0 Å². The number of carbonyl (C=O) groups is 1. The third kappa shape index (κ3) is 3.14. The molecule has 1 N–H and O–H groups in total. The van der Waals surface area contributed by atoms with E-state index in [0.717, 1.165) is 12.8 Å². The van der Waals surface area contributed by atoms with Crippen LogP contribution in [0, 0.1) is 5.41 Å². The van der Waals surface area contributed by atoms with Crippen molar-refractivity contribution in [2.24, 2.45) is 5.41 Å². The number of rotatable bonds is 4. The standard InChI is InChI=1S/C19H26O2/c1-18(2)8-4-6-15(12-18)14-5-3-7-16(11-14)19(9-10-19)13-17(20)21/h3,5,7,11,15H,4,6,8-10,12-13H2,1-2H3,(H,20,21). The molecule has 2 nitrogen and oxygen atoms in total. The number of hydrogen-bond acceptors (Lipinski definition) is 1. The summed E-state index contributed by atoms with van der Waals surface area (Å²) in [6, 6.07) is 8.82. The van der Waals surface area contributed by atoms with Gasteiger partial charge in [0.2, 0.25) is 0 Å². The van der Waals surface area contributed by atoms with E-state index in [1.54, 1.807) is 0 Å². The molecule has 21 heavy (non-hydrogen) atoms. The van der Waals surface area contributed by atoms with Crippen molar-refractivity contribution in [3.63, 3.8) is 0 Å². The highest BCUT2D eigenvalue weighted by Gasteiger charge is 2.46. The van der Waals surface area contributed by atoms with Crippen LogP contribution in [0.15, 0.2) is 24.3 Å². The maximum absolute atomic E-state index is 11.1. The summed E-state index contributed by atoms with van der Waals surface area (Å²) in [4.78, 5) is 11.1.